The van der Waals surface area contributed by atoms with Crippen molar-refractivity contribution in [3.05, 3.63) is 139 Å². The molecular formula is C36H28N2. The normalized spacial score (nSPS) is 11.4. The van der Waals surface area contributed by atoms with Crippen LogP contribution >= 0.6 is 0 Å². The van der Waals surface area contributed by atoms with E-state index in [-0.39, 0.29) is 0 Å². The molecule has 38 heavy (non-hydrogen) atoms. The zero-order valence-corrected chi connectivity index (χ0v) is 21.6. The Hall–Kier alpha value is -4.82. The number of nitrogens with zero attached hydrogens (tertiary/aromatic N) is 1. The summed E-state index contributed by atoms with van der Waals surface area (Å²) in [5.41, 5.74) is 10.9. The third-order valence-corrected chi connectivity index (χ3v) is 7.62. The number of hydrogen-bond donors (Lipinski definition) is 1. The summed E-state index contributed by atoms with van der Waals surface area (Å²) in [4.78, 5) is 0. The first-order valence-electron chi connectivity index (χ1n) is 13.1. The average molecular weight is 489 g/mol. The van der Waals surface area contributed by atoms with Gasteiger partial charge in [-0.05, 0) is 95.4 Å². The Morgan fingerprint density at radius 1 is 0.500 bits per heavy atom. The zero-order chi connectivity index (χ0) is 25.6. The maximum atomic E-state index is 3.73. The van der Waals surface area contributed by atoms with E-state index in [1.165, 1.54) is 60.5 Å². The van der Waals surface area contributed by atoms with Crippen LogP contribution in [0.15, 0.2) is 127 Å². The summed E-state index contributed by atoms with van der Waals surface area (Å²) >= 11 is 0. The van der Waals surface area contributed by atoms with Gasteiger partial charge in [0.2, 0.25) is 0 Å². The monoisotopic (exact) mass is 488 g/mol. The number of benzene rings is 6. The second-order valence-electron chi connectivity index (χ2n) is 10.1. The summed E-state index contributed by atoms with van der Waals surface area (Å²) in [6.07, 6.45) is 0. The van der Waals surface area contributed by atoms with Gasteiger partial charge in [0.15, 0.2) is 0 Å². The molecule has 0 saturated carbocycles. The number of para-hydroxylation sites is 2. The lowest BCUT2D eigenvalue weighted by Crippen LogP contribution is -1.97. The minimum Gasteiger partial charge on any atom is -0.355 e. The van der Waals surface area contributed by atoms with Gasteiger partial charge >= 0.3 is 0 Å². The van der Waals surface area contributed by atoms with E-state index in [1.807, 2.05) is 0 Å². The van der Waals surface area contributed by atoms with Gasteiger partial charge < -0.3 is 9.88 Å². The predicted molar refractivity (Wildman–Crippen MR) is 163 cm³/mol. The predicted octanol–water partition coefficient (Wildman–Crippen LogP) is 9.96. The molecule has 0 bridgehead atoms. The second kappa shape index (κ2) is 8.93. The number of hydrogen-bond acceptors (Lipinski definition) is 1. The molecule has 1 heterocycles. The third kappa shape index (κ3) is 3.65. The molecular weight excluding hydrogens is 460 g/mol. The first kappa shape index (κ1) is 22.4. The minimum atomic E-state index is 1.09. The van der Waals surface area contributed by atoms with Crippen LogP contribution in [0.4, 0.5) is 11.4 Å². The van der Waals surface area contributed by atoms with Crippen molar-refractivity contribution in [1.82, 2.24) is 4.57 Å². The lowest BCUT2D eigenvalue weighted by atomic mass is 9.93. The first-order chi connectivity index (χ1) is 18.7. The number of aromatic nitrogens is 1. The van der Waals surface area contributed by atoms with Gasteiger partial charge in [-0.25, -0.2) is 0 Å². The standard InChI is InChI=1S/C36H28N2/c1-24-22-34(25(2)21-32(24)30-17-10-12-26-11-6-7-15-29(26)30)37-27-19-20-36-33(23-27)31-16-8-9-18-35(31)38(36)28-13-4-3-5-14-28/h3-23,37H,1-2H3. The molecule has 0 fully saturated rings. The van der Waals surface area contributed by atoms with Gasteiger partial charge in [-0.2, -0.15) is 0 Å². The van der Waals surface area contributed by atoms with Crippen molar-refractivity contribution in [2.24, 2.45) is 0 Å². The number of fused-ring (bicyclic) bond motifs is 4. The van der Waals surface area contributed by atoms with E-state index in [0.29, 0.717) is 0 Å². The van der Waals surface area contributed by atoms with Gasteiger partial charge in [-0.15, -0.1) is 0 Å². The molecule has 6 aromatic carbocycles. The Kier molecular flexibility index (Phi) is 5.26. The van der Waals surface area contributed by atoms with Gasteiger partial charge in [-0.1, -0.05) is 78.9 Å². The Labute approximate surface area is 222 Å². The molecule has 7 aromatic rings. The Morgan fingerprint density at radius 3 is 2.08 bits per heavy atom. The highest BCUT2D eigenvalue weighted by Crippen LogP contribution is 2.37. The van der Waals surface area contributed by atoms with Crippen molar-refractivity contribution in [2.45, 2.75) is 13.8 Å². The topological polar surface area (TPSA) is 17.0 Å². The molecule has 7 rings (SSSR count). The summed E-state index contributed by atoms with van der Waals surface area (Å²) in [6.45, 7) is 4.40. The van der Waals surface area contributed by atoms with Crippen LogP contribution in [0.25, 0.3) is 49.4 Å². The number of aryl methyl sites for hydroxylation is 2. The molecule has 0 saturated heterocycles. The van der Waals surface area contributed by atoms with Crippen molar-refractivity contribution in [3.63, 3.8) is 0 Å². The van der Waals surface area contributed by atoms with E-state index in [1.54, 1.807) is 0 Å². The minimum absolute atomic E-state index is 1.09. The molecule has 1 N–H and O–H groups in total. The van der Waals surface area contributed by atoms with Crippen molar-refractivity contribution < 1.29 is 0 Å². The molecule has 1 aromatic heterocycles. The van der Waals surface area contributed by atoms with Crippen molar-refractivity contribution in [2.75, 3.05) is 5.32 Å². The highest BCUT2D eigenvalue weighted by atomic mass is 15.0. The first-order valence-corrected chi connectivity index (χ1v) is 13.1. The Balaban J connectivity index is 1.31. The van der Waals surface area contributed by atoms with Crippen LogP contribution in [0.3, 0.4) is 0 Å². The lowest BCUT2D eigenvalue weighted by Gasteiger charge is -2.16. The van der Waals surface area contributed by atoms with E-state index < -0.39 is 0 Å². The maximum Gasteiger partial charge on any atom is 0.0542 e. The third-order valence-electron chi connectivity index (χ3n) is 7.62. The van der Waals surface area contributed by atoms with Crippen LogP contribution in [0.5, 0.6) is 0 Å². The van der Waals surface area contributed by atoms with Gasteiger partial charge in [0.1, 0.15) is 0 Å². The quantitative estimate of drug-likeness (QED) is 0.261. The highest BCUT2D eigenvalue weighted by molar-refractivity contribution is 6.10. The molecule has 0 amide bonds. The summed E-state index contributed by atoms with van der Waals surface area (Å²) in [5.74, 6) is 0. The van der Waals surface area contributed by atoms with E-state index in [0.717, 1.165) is 11.4 Å². The molecule has 2 heteroatoms. The number of rotatable bonds is 4. The average Bonchev–Trinajstić information content (AvgIpc) is 3.29. The maximum absolute atomic E-state index is 3.73. The fourth-order valence-electron chi connectivity index (χ4n) is 5.76. The van der Waals surface area contributed by atoms with Gasteiger partial charge in [0.05, 0.1) is 11.0 Å². The van der Waals surface area contributed by atoms with E-state index in [9.17, 15) is 0 Å². The SMILES string of the molecule is Cc1cc(-c2cccc3ccccc23)c(C)cc1Nc1ccc2c(c1)c1ccccc1n2-c1ccccc1. The van der Waals surface area contributed by atoms with E-state index in [4.69, 9.17) is 0 Å². The van der Waals surface area contributed by atoms with Crippen molar-refractivity contribution in [3.8, 4) is 16.8 Å². The summed E-state index contributed by atoms with van der Waals surface area (Å²) in [7, 11) is 0. The fourth-order valence-corrected chi connectivity index (χ4v) is 5.76. The zero-order valence-electron chi connectivity index (χ0n) is 21.6. The largest absolute Gasteiger partial charge is 0.355 e. The molecule has 182 valence electrons. The summed E-state index contributed by atoms with van der Waals surface area (Å²) in [5, 5.41) is 8.79. The van der Waals surface area contributed by atoms with E-state index >= 15 is 0 Å². The highest BCUT2D eigenvalue weighted by Gasteiger charge is 2.14. The number of nitrogens with one attached hydrogen (secondary N) is 1. The molecule has 2 nitrogen and oxygen atoms in total. The van der Waals surface area contributed by atoms with E-state index in [2.05, 4.69) is 151 Å². The Bertz CT molecular complexity index is 1960. The molecule has 0 aliphatic heterocycles. The van der Waals surface area contributed by atoms with Crippen LogP contribution in [-0.2, 0) is 0 Å². The molecule has 0 aliphatic carbocycles. The summed E-state index contributed by atoms with van der Waals surface area (Å²) < 4.78 is 2.35. The smallest absolute Gasteiger partial charge is 0.0542 e. The van der Waals surface area contributed by atoms with Crippen LogP contribution < -0.4 is 5.32 Å². The van der Waals surface area contributed by atoms with Crippen molar-refractivity contribution in [1.29, 1.82) is 0 Å². The van der Waals surface area contributed by atoms with Crippen molar-refractivity contribution >= 4 is 44.0 Å². The molecule has 0 spiro atoms. The fraction of sp³-hybridized carbons (Fsp3) is 0.0556. The molecule has 0 aliphatic rings. The summed E-state index contributed by atoms with van der Waals surface area (Å²) in [6, 6.07) is 45.7. The van der Waals surface area contributed by atoms with Crippen LogP contribution in [0.1, 0.15) is 11.1 Å². The Morgan fingerprint density at radius 2 is 1.21 bits per heavy atom. The molecule has 0 unspecified atom stereocenters. The van der Waals surface area contributed by atoms with Gasteiger partial charge in [0, 0.05) is 27.8 Å². The van der Waals surface area contributed by atoms with Crippen LogP contribution in [-0.4, -0.2) is 4.57 Å². The molecule has 0 atom stereocenters. The lowest BCUT2D eigenvalue weighted by molar-refractivity contribution is 1.18. The number of anilines is 2. The van der Waals surface area contributed by atoms with Crippen LogP contribution in [0.2, 0.25) is 0 Å². The van der Waals surface area contributed by atoms with Crippen LogP contribution in [0, 0.1) is 13.8 Å². The van der Waals surface area contributed by atoms with Gasteiger partial charge in [-0.3, -0.25) is 0 Å². The van der Waals surface area contributed by atoms with Gasteiger partial charge in [0.25, 0.3) is 0 Å². The second-order valence-corrected chi connectivity index (χ2v) is 10.1. The molecule has 0 radical (unpaired) electrons.